The van der Waals surface area contributed by atoms with E-state index in [0.717, 1.165) is 62.0 Å². The highest BCUT2D eigenvalue weighted by Crippen LogP contribution is 2.27. The molecule has 0 bridgehead atoms. The Labute approximate surface area is 186 Å². The number of hydrogen-bond donors (Lipinski definition) is 1. The minimum absolute atomic E-state index is 0.0225. The largest absolute Gasteiger partial charge is 0.379 e. The molecule has 1 unspecified atom stereocenters. The van der Waals surface area contributed by atoms with Crippen LogP contribution in [0.25, 0.3) is 16.4 Å². The van der Waals surface area contributed by atoms with Crippen molar-refractivity contribution in [2.45, 2.75) is 19.4 Å². The lowest BCUT2D eigenvalue weighted by molar-refractivity contribution is 0.0384. The van der Waals surface area contributed by atoms with Crippen molar-refractivity contribution in [2.75, 3.05) is 38.2 Å². The van der Waals surface area contributed by atoms with E-state index in [4.69, 9.17) is 21.3 Å². The summed E-state index contributed by atoms with van der Waals surface area (Å²) in [5, 5.41) is 10.6. The van der Waals surface area contributed by atoms with Gasteiger partial charge in [0, 0.05) is 55.6 Å². The molecule has 31 heavy (non-hydrogen) atoms. The number of imidazole rings is 1. The molecule has 5 rings (SSSR count). The van der Waals surface area contributed by atoms with Gasteiger partial charge in [0.1, 0.15) is 0 Å². The molecule has 1 aromatic carbocycles. The van der Waals surface area contributed by atoms with E-state index in [1.807, 2.05) is 0 Å². The molecule has 8 heteroatoms. The average molecular weight is 437 g/mol. The Morgan fingerprint density at radius 1 is 1.19 bits per heavy atom. The van der Waals surface area contributed by atoms with Gasteiger partial charge in [0.2, 0.25) is 0 Å². The van der Waals surface area contributed by atoms with E-state index in [1.54, 1.807) is 23.0 Å². The van der Waals surface area contributed by atoms with Crippen LogP contribution >= 0.6 is 11.6 Å². The summed E-state index contributed by atoms with van der Waals surface area (Å²) in [6.45, 7) is 6.69. The number of fused-ring (bicyclic) bond motifs is 2. The number of hydrogen-bond acceptors (Lipinski definition) is 6. The summed E-state index contributed by atoms with van der Waals surface area (Å²) in [5.41, 5.74) is 3.70. The van der Waals surface area contributed by atoms with Crippen LogP contribution in [0.5, 0.6) is 0 Å². The summed E-state index contributed by atoms with van der Waals surface area (Å²) in [6, 6.07) is 12.4. The van der Waals surface area contributed by atoms with E-state index in [9.17, 15) is 0 Å². The van der Waals surface area contributed by atoms with Crippen LogP contribution in [0, 0.1) is 0 Å². The number of nitrogens with one attached hydrogen (secondary N) is 1. The minimum Gasteiger partial charge on any atom is -0.379 e. The zero-order valence-corrected chi connectivity index (χ0v) is 18.2. The second kappa shape index (κ2) is 8.78. The van der Waals surface area contributed by atoms with Gasteiger partial charge in [-0.3, -0.25) is 9.88 Å². The zero-order chi connectivity index (χ0) is 21.2. The van der Waals surface area contributed by atoms with Gasteiger partial charge in [-0.25, -0.2) is 9.50 Å². The van der Waals surface area contributed by atoms with Crippen molar-refractivity contribution in [3.05, 3.63) is 65.3 Å². The first-order valence-corrected chi connectivity index (χ1v) is 11.0. The van der Waals surface area contributed by atoms with Crippen molar-refractivity contribution < 1.29 is 4.74 Å². The van der Waals surface area contributed by atoms with E-state index < -0.39 is 0 Å². The number of anilines is 1. The van der Waals surface area contributed by atoms with Crippen LogP contribution in [0.4, 0.5) is 5.69 Å². The molecule has 160 valence electrons. The van der Waals surface area contributed by atoms with Crippen LogP contribution in [-0.4, -0.2) is 57.3 Å². The molecular weight excluding hydrogens is 412 g/mol. The highest BCUT2D eigenvalue weighted by atomic mass is 35.5. The van der Waals surface area contributed by atoms with E-state index in [1.165, 1.54) is 10.8 Å². The molecule has 7 nitrogen and oxygen atoms in total. The fraction of sp³-hybridized carbons (Fsp3) is 0.348. The molecular formula is C23H25ClN6O. The van der Waals surface area contributed by atoms with Crippen LogP contribution in [0.3, 0.4) is 0 Å². The van der Waals surface area contributed by atoms with E-state index >= 15 is 0 Å². The summed E-state index contributed by atoms with van der Waals surface area (Å²) in [5.74, 6) is 0. The summed E-state index contributed by atoms with van der Waals surface area (Å²) in [4.78, 5) is 11.9. The standard InChI is InChI=1S/C23H25ClN6O/c1-16(26-21-15-22(24)28-30-9-7-25-23(21)30)20-14-17-4-2-3-5-18(17)19(27-20)6-8-29-10-12-31-13-11-29/h2-5,7,9,14-16,26H,6,8,10-13H2,1H3. The third-order valence-corrected chi connectivity index (χ3v) is 5.94. The highest BCUT2D eigenvalue weighted by molar-refractivity contribution is 6.29. The lowest BCUT2D eigenvalue weighted by atomic mass is 10.0. The van der Waals surface area contributed by atoms with Crippen LogP contribution in [0.15, 0.2) is 48.8 Å². The van der Waals surface area contributed by atoms with Gasteiger partial charge in [-0.15, -0.1) is 0 Å². The number of pyridine rings is 1. The Bertz CT molecular complexity index is 1200. The molecule has 1 saturated heterocycles. The summed E-state index contributed by atoms with van der Waals surface area (Å²) in [6.07, 6.45) is 4.41. The number of halogens is 1. The normalized spacial score (nSPS) is 16.1. The quantitative estimate of drug-likeness (QED) is 0.493. The van der Waals surface area contributed by atoms with Crippen LogP contribution < -0.4 is 5.32 Å². The zero-order valence-electron chi connectivity index (χ0n) is 17.5. The van der Waals surface area contributed by atoms with Crippen molar-refractivity contribution in [3.63, 3.8) is 0 Å². The maximum absolute atomic E-state index is 6.20. The molecule has 1 atom stereocenters. The van der Waals surface area contributed by atoms with E-state index in [-0.39, 0.29) is 6.04 Å². The average Bonchev–Trinajstić information content (AvgIpc) is 3.26. The Morgan fingerprint density at radius 3 is 2.90 bits per heavy atom. The third-order valence-electron chi connectivity index (χ3n) is 5.75. The van der Waals surface area contributed by atoms with E-state index in [0.29, 0.717) is 5.15 Å². The molecule has 4 aromatic rings. The summed E-state index contributed by atoms with van der Waals surface area (Å²) < 4.78 is 7.16. The smallest absolute Gasteiger partial charge is 0.177 e. The second-order valence-electron chi connectivity index (χ2n) is 7.86. The SMILES string of the molecule is CC(Nc1cc(Cl)nn2ccnc12)c1cc2ccccc2c(CCN2CCOCC2)n1. The van der Waals surface area contributed by atoms with Gasteiger partial charge >= 0.3 is 0 Å². The first kappa shape index (κ1) is 20.2. The number of aromatic nitrogens is 4. The minimum atomic E-state index is -0.0225. The molecule has 0 saturated carbocycles. The summed E-state index contributed by atoms with van der Waals surface area (Å²) in [7, 11) is 0. The van der Waals surface area contributed by atoms with Gasteiger partial charge < -0.3 is 10.1 Å². The molecule has 1 aliphatic heterocycles. The second-order valence-corrected chi connectivity index (χ2v) is 8.25. The lowest BCUT2D eigenvalue weighted by Crippen LogP contribution is -2.37. The fourth-order valence-electron chi connectivity index (χ4n) is 4.09. The van der Waals surface area contributed by atoms with Gasteiger partial charge in [0.15, 0.2) is 10.8 Å². The molecule has 1 fully saturated rings. The Kier molecular flexibility index (Phi) is 5.72. The highest BCUT2D eigenvalue weighted by Gasteiger charge is 2.16. The molecule has 3 aromatic heterocycles. The number of morpholine rings is 1. The molecule has 4 heterocycles. The summed E-state index contributed by atoms with van der Waals surface area (Å²) >= 11 is 6.20. The van der Waals surface area contributed by atoms with Gasteiger partial charge in [-0.2, -0.15) is 5.10 Å². The first-order chi connectivity index (χ1) is 15.2. The fourth-order valence-corrected chi connectivity index (χ4v) is 4.28. The predicted molar refractivity (Wildman–Crippen MR) is 123 cm³/mol. The number of benzene rings is 1. The number of rotatable bonds is 6. The van der Waals surface area contributed by atoms with Crippen molar-refractivity contribution in [1.29, 1.82) is 0 Å². The topological polar surface area (TPSA) is 67.6 Å². The third kappa shape index (κ3) is 4.35. The lowest BCUT2D eigenvalue weighted by Gasteiger charge is -2.26. The maximum Gasteiger partial charge on any atom is 0.177 e. The van der Waals surface area contributed by atoms with Gasteiger partial charge in [0.05, 0.1) is 30.6 Å². The molecule has 0 amide bonds. The van der Waals surface area contributed by atoms with Crippen LogP contribution in [0.2, 0.25) is 5.15 Å². The Balaban J connectivity index is 1.43. The van der Waals surface area contributed by atoms with Crippen molar-refractivity contribution in [2.24, 2.45) is 0 Å². The van der Waals surface area contributed by atoms with Gasteiger partial charge in [-0.05, 0) is 18.4 Å². The van der Waals surface area contributed by atoms with Gasteiger partial charge in [-0.1, -0.05) is 35.9 Å². The Morgan fingerprint density at radius 2 is 2.03 bits per heavy atom. The molecule has 0 aliphatic carbocycles. The molecule has 1 N–H and O–H groups in total. The number of ether oxygens (including phenoxy) is 1. The Hall–Kier alpha value is -2.74. The predicted octanol–water partition coefficient (Wildman–Crippen LogP) is 3.98. The number of nitrogens with zero attached hydrogens (tertiary/aromatic N) is 5. The molecule has 1 aliphatic rings. The van der Waals surface area contributed by atoms with Crippen molar-refractivity contribution in [3.8, 4) is 0 Å². The van der Waals surface area contributed by atoms with Crippen molar-refractivity contribution >= 4 is 33.7 Å². The van der Waals surface area contributed by atoms with E-state index in [2.05, 4.69) is 57.6 Å². The monoisotopic (exact) mass is 436 g/mol. The van der Waals surface area contributed by atoms with Gasteiger partial charge in [0.25, 0.3) is 0 Å². The maximum atomic E-state index is 6.20. The van der Waals surface area contributed by atoms with Crippen molar-refractivity contribution in [1.82, 2.24) is 24.5 Å². The van der Waals surface area contributed by atoms with Crippen LogP contribution in [-0.2, 0) is 11.2 Å². The van der Waals surface area contributed by atoms with Crippen LogP contribution in [0.1, 0.15) is 24.4 Å². The molecule has 0 radical (unpaired) electrons. The first-order valence-electron chi connectivity index (χ1n) is 10.6. The molecule has 0 spiro atoms.